The summed E-state index contributed by atoms with van der Waals surface area (Å²) in [5.41, 5.74) is 2.64. The number of H-pyrrole nitrogens is 1. The Labute approximate surface area is 123 Å². The zero-order chi connectivity index (χ0) is 15.0. The predicted molar refractivity (Wildman–Crippen MR) is 82.0 cm³/mol. The van der Waals surface area contributed by atoms with Crippen molar-refractivity contribution in [3.05, 3.63) is 34.2 Å². The second kappa shape index (κ2) is 5.39. The number of nitrogens with zero attached hydrogens (tertiary/aromatic N) is 2. The third-order valence-corrected chi connectivity index (χ3v) is 4.23. The lowest BCUT2D eigenvalue weighted by molar-refractivity contribution is -0.129. The molecule has 1 atom stereocenters. The molecule has 3 rings (SSSR count). The zero-order valence-corrected chi connectivity index (χ0v) is 12.6. The molecule has 1 aromatic carbocycles. The molecule has 0 spiro atoms. The molecule has 21 heavy (non-hydrogen) atoms. The van der Waals surface area contributed by atoms with Crippen molar-refractivity contribution in [3.8, 4) is 0 Å². The highest BCUT2D eigenvalue weighted by Gasteiger charge is 2.29. The first-order valence-electron chi connectivity index (χ1n) is 7.55. The number of likely N-dealkylation sites (tertiary alicyclic amines) is 1. The number of aryl methyl sites for hydroxylation is 1. The van der Waals surface area contributed by atoms with Crippen molar-refractivity contribution in [2.75, 3.05) is 6.54 Å². The van der Waals surface area contributed by atoms with Gasteiger partial charge in [0.15, 0.2) is 0 Å². The molecule has 1 saturated heterocycles. The van der Waals surface area contributed by atoms with Crippen molar-refractivity contribution in [1.82, 2.24) is 14.5 Å². The fraction of sp³-hybridized carbons (Fsp3) is 0.500. The van der Waals surface area contributed by atoms with Gasteiger partial charge in [0.05, 0.1) is 11.0 Å². The van der Waals surface area contributed by atoms with Gasteiger partial charge in [-0.1, -0.05) is 19.4 Å². The Morgan fingerprint density at radius 2 is 2.14 bits per heavy atom. The van der Waals surface area contributed by atoms with Crippen molar-refractivity contribution in [2.45, 2.75) is 39.8 Å². The van der Waals surface area contributed by atoms with E-state index in [-0.39, 0.29) is 11.6 Å². The Morgan fingerprint density at radius 3 is 2.90 bits per heavy atom. The minimum Gasteiger partial charge on any atom is -0.324 e. The smallest absolute Gasteiger partial charge is 0.324 e. The fourth-order valence-electron chi connectivity index (χ4n) is 3.17. The Kier molecular flexibility index (Phi) is 3.57. The Morgan fingerprint density at radius 1 is 1.33 bits per heavy atom. The average Bonchev–Trinajstić information content (AvgIpc) is 2.93. The van der Waals surface area contributed by atoms with Crippen LogP contribution < -0.4 is 5.69 Å². The molecule has 1 aliphatic rings. The zero-order valence-electron chi connectivity index (χ0n) is 12.6. The van der Waals surface area contributed by atoms with Gasteiger partial charge in [0.1, 0.15) is 6.67 Å². The van der Waals surface area contributed by atoms with E-state index in [2.05, 4.69) is 11.9 Å². The number of imidazole rings is 1. The highest BCUT2D eigenvalue weighted by Crippen LogP contribution is 2.23. The fourth-order valence-corrected chi connectivity index (χ4v) is 3.17. The number of carbonyl (C=O) groups is 1. The summed E-state index contributed by atoms with van der Waals surface area (Å²) in [6, 6.07) is 5.87. The summed E-state index contributed by atoms with van der Waals surface area (Å²) in [7, 11) is 0. The maximum Gasteiger partial charge on any atom is 0.327 e. The second-order valence-electron chi connectivity index (χ2n) is 6.00. The predicted octanol–water partition coefficient (Wildman–Crippen LogP) is 2.24. The average molecular weight is 287 g/mol. The largest absolute Gasteiger partial charge is 0.327 e. The van der Waals surface area contributed by atoms with Gasteiger partial charge in [-0.15, -0.1) is 0 Å². The molecule has 1 aliphatic heterocycles. The van der Waals surface area contributed by atoms with Crippen LogP contribution in [0.15, 0.2) is 23.0 Å². The van der Waals surface area contributed by atoms with E-state index in [4.69, 9.17) is 0 Å². The van der Waals surface area contributed by atoms with Crippen LogP contribution in [-0.4, -0.2) is 26.9 Å². The SMILES string of the molecule is CCCC1CC(=O)N(Cn2c(=O)[nH]c3ccc(C)cc32)C1. The van der Waals surface area contributed by atoms with Crippen LogP contribution in [0.5, 0.6) is 0 Å². The number of aromatic amines is 1. The minimum absolute atomic E-state index is 0.151. The van der Waals surface area contributed by atoms with Gasteiger partial charge in [-0.05, 0) is 37.0 Å². The molecule has 1 aromatic heterocycles. The van der Waals surface area contributed by atoms with Gasteiger partial charge in [0.25, 0.3) is 0 Å². The number of nitrogens with one attached hydrogen (secondary N) is 1. The Balaban J connectivity index is 1.88. The molecular weight excluding hydrogens is 266 g/mol. The highest BCUT2D eigenvalue weighted by atomic mass is 16.2. The lowest BCUT2D eigenvalue weighted by Gasteiger charge is -2.17. The molecular formula is C16H21N3O2. The number of rotatable bonds is 4. The molecule has 0 saturated carbocycles. The number of aromatic nitrogens is 2. The van der Waals surface area contributed by atoms with Crippen molar-refractivity contribution < 1.29 is 4.79 Å². The molecule has 2 aromatic rings. The molecule has 112 valence electrons. The van der Waals surface area contributed by atoms with E-state index < -0.39 is 0 Å². The molecule has 1 unspecified atom stereocenters. The molecule has 0 aliphatic carbocycles. The first kappa shape index (κ1) is 13.9. The van der Waals surface area contributed by atoms with Crippen LogP contribution in [0, 0.1) is 12.8 Å². The molecule has 1 amide bonds. The molecule has 0 bridgehead atoms. The Bertz CT molecular complexity index is 729. The molecule has 2 heterocycles. The van der Waals surface area contributed by atoms with E-state index in [9.17, 15) is 9.59 Å². The van der Waals surface area contributed by atoms with Crippen LogP contribution in [0.4, 0.5) is 0 Å². The van der Waals surface area contributed by atoms with Gasteiger partial charge < -0.3 is 9.88 Å². The number of hydrogen-bond acceptors (Lipinski definition) is 2. The topological polar surface area (TPSA) is 58.1 Å². The van der Waals surface area contributed by atoms with Crippen LogP contribution >= 0.6 is 0 Å². The second-order valence-corrected chi connectivity index (χ2v) is 6.00. The van der Waals surface area contributed by atoms with Gasteiger partial charge in [0.2, 0.25) is 5.91 Å². The monoisotopic (exact) mass is 287 g/mol. The summed E-state index contributed by atoms with van der Waals surface area (Å²) in [6.45, 7) is 5.25. The van der Waals surface area contributed by atoms with E-state index in [1.165, 1.54) is 0 Å². The van der Waals surface area contributed by atoms with Crippen LogP contribution in [0.1, 0.15) is 31.7 Å². The number of hydrogen-bond donors (Lipinski definition) is 1. The number of fused-ring (bicyclic) bond motifs is 1. The number of carbonyl (C=O) groups excluding carboxylic acids is 1. The summed E-state index contributed by atoms with van der Waals surface area (Å²) in [6.07, 6.45) is 2.78. The molecule has 5 heteroatoms. The lowest BCUT2D eigenvalue weighted by atomic mass is 10.0. The summed E-state index contributed by atoms with van der Waals surface area (Å²) < 4.78 is 1.66. The summed E-state index contributed by atoms with van der Waals surface area (Å²) in [4.78, 5) is 28.9. The maximum absolute atomic E-state index is 12.1. The van der Waals surface area contributed by atoms with Gasteiger partial charge in [-0.25, -0.2) is 4.79 Å². The van der Waals surface area contributed by atoms with E-state index in [1.54, 1.807) is 9.47 Å². The third-order valence-electron chi connectivity index (χ3n) is 4.23. The third kappa shape index (κ3) is 2.60. The van der Waals surface area contributed by atoms with E-state index in [0.29, 0.717) is 19.0 Å². The molecule has 5 nitrogen and oxygen atoms in total. The van der Waals surface area contributed by atoms with Gasteiger partial charge in [-0.3, -0.25) is 9.36 Å². The highest BCUT2D eigenvalue weighted by molar-refractivity contribution is 5.79. The van der Waals surface area contributed by atoms with Crippen molar-refractivity contribution in [1.29, 1.82) is 0 Å². The molecule has 1 fully saturated rings. The van der Waals surface area contributed by atoms with Crippen LogP contribution in [-0.2, 0) is 11.5 Å². The van der Waals surface area contributed by atoms with Crippen LogP contribution in [0.2, 0.25) is 0 Å². The number of amides is 1. The van der Waals surface area contributed by atoms with E-state index in [1.807, 2.05) is 25.1 Å². The first-order chi connectivity index (χ1) is 10.1. The molecule has 1 N–H and O–H groups in total. The van der Waals surface area contributed by atoms with E-state index in [0.717, 1.165) is 36.0 Å². The van der Waals surface area contributed by atoms with Crippen LogP contribution in [0.3, 0.4) is 0 Å². The Hall–Kier alpha value is -2.04. The van der Waals surface area contributed by atoms with Crippen LogP contribution in [0.25, 0.3) is 11.0 Å². The van der Waals surface area contributed by atoms with Gasteiger partial charge >= 0.3 is 5.69 Å². The standard InChI is InChI=1S/C16H21N3O2/c1-3-4-12-8-15(20)18(9-12)10-19-14-7-11(2)5-6-13(14)17-16(19)21/h5-7,12H,3-4,8-10H2,1-2H3,(H,17,21). The first-order valence-corrected chi connectivity index (χ1v) is 7.55. The van der Waals surface area contributed by atoms with Crippen molar-refractivity contribution in [3.63, 3.8) is 0 Å². The summed E-state index contributed by atoms with van der Waals surface area (Å²) >= 11 is 0. The number of benzene rings is 1. The molecule has 0 radical (unpaired) electrons. The van der Waals surface area contributed by atoms with E-state index >= 15 is 0 Å². The normalized spacial score (nSPS) is 18.9. The minimum atomic E-state index is -0.151. The quantitative estimate of drug-likeness (QED) is 0.937. The van der Waals surface area contributed by atoms with Crippen molar-refractivity contribution >= 4 is 16.9 Å². The summed E-state index contributed by atoms with van der Waals surface area (Å²) in [5.74, 6) is 0.590. The maximum atomic E-state index is 12.1. The summed E-state index contributed by atoms with van der Waals surface area (Å²) in [5, 5.41) is 0. The van der Waals surface area contributed by atoms with Gasteiger partial charge in [-0.2, -0.15) is 0 Å². The lowest BCUT2D eigenvalue weighted by Crippen LogP contribution is -2.32. The van der Waals surface area contributed by atoms with Gasteiger partial charge in [0, 0.05) is 13.0 Å². The van der Waals surface area contributed by atoms with Crippen molar-refractivity contribution in [2.24, 2.45) is 5.92 Å².